The second-order valence-electron chi connectivity index (χ2n) is 4.76. The third-order valence-corrected chi connectivity index (χ3v) is 3.30. The molecule has 17 heavy (non-hydrogen) atoms. The van der Waals surface area contributed by atoms with Crippen LogP contribution in [0.15, 0.2) is 6.07 Å². The molecule has 0 saturated heterocycles. The van der Waals surface area contributed by atoms with Crippen molar-refractivity contribution < 1.29 is 4.74 Å². The van der Waals surface area contributed by atoms with E-state index in [1.165, 1.54) is 12.8 Å². The van der Waals surface area contributed by atoms with Gasteiger partial charge in [-0.3, -0.25) is 0 Å². The molecule has 1 aromatic heterocycles. The Bertz CT molecular complexity index is 373. The SMILES string of the molecule is CCC(CC)COc1cc(N)nc(C2CC2)n1. The van der Waals surface area contributed by atoms with E-state index in [-0.39, 0.29) is 0 Å². The van der Waals surface area contributed by atoms with Crippen molar-refractivity contribution in [3.8, 4) is 5.88 Å². The highest BCUT2D eigenvalue weighted by Gasteiger charge is 2.27. The van der Waals surface area contributed by atoms with E-state index in [0.29, 0.717) is 30.1 Å². The second kappa shape index (κ2) is 5.34. The summed E-state index contributed by atoms with van der Waals surface area (Å²) in [6, 6.07) is 1.72. The van der Waals surface area contributed by atoms with Gasteiger partial charge in [0, 0.05) is 12.0 Å². The maximum absolute atomic E-state index is 5.77. The van der Waals surface area contributed by atoms with E-state index in [1.807, 2.05) is 0 Å². The molecule has 1 aromatic rings. The number of rotatable bonds is 6. The molecule has 4 nitrogen and oxygen atoms in total. The van der Waals surface area contributed by atoms with Crippen molar-refractivity contribution in [3.05, 3.63) is 11.9 Å². The van der Waals surface area contributed by atoms with Gasteiger partial charge in [-0.05, 0) is 18.8 Å². The number of hydrogen-bond acceptors (Lipinski definition) is 4. The summed E-state index contributed by atoms with van der Waals surface area (Å²) >= 11 is 0. The van der Waals surface area contributed by atoms with Crippen LogP contribution in [0.2, 0.25) is 0 Å². The topological polar surface area (TPSA) is 61.0 Å². The Hall–Kier alpha value is -1.32. The molecular weight excluding hydrogens is 214 g/mol. The lowest BCUT2D eigenvalue weighted by atomic mass is 10.1. The predicted molar refractivity (Wildman–Crippen MR) is 68.0 cm³/mol. The number of ether oxygens (including phenoxy) is 1. The fourth-order valence-corrected chi connectivity index (χ4v) is 1.79. The molecule has 0 aliphatic heterocycles. The van der Waals surface area contributed by atoms with Crippen molar-refractivity contribution in [1.29, 1.82) is 0 Å². The first-order chi connectivity index (χ1) is 8.22. The molecule has 1 fully saturated rings. The van der Waals surface area contributed by atoms with Crippen molar-refractivity contribution in [3.63, 3.8) is 0 Å². The summed E-state index contributed by atoms with van der Waals surface area (Å²) in [6.07, 6.45) is 4.62. The monoisotopic (exact) mass is 235 g/mol. The minimum absolute atomic E-state index is 0.508. The first-order valence-electron chi connectivity index (χ1n) is 6.50. The molecular formula is C13H21N3O. The summed E-state index contributed by atoms with van der Waals surface area (Å²) in [5.74, 6) is 3.10. The van der Waals surface area contributed by atoms with E-state index < -0.39 is 0 Å². The highest BCUT2D eigenvalue weighted by molar-refractivity contribution is 5.34. The lowest BCUT2D eigenvalue weighted by Crippen LogP contribution is -2.12. The summed E-state index contributed by atoms with van der Waals surface area (Å²) in [7, 11) is 0. The second-order valence-corrected chi connectivity index (χ2v) is 4.76. The Kier molecular flexibility index (Phi) is 3.82. The molecule has 1 saturated carbocycles. The predicted octanol–water partition coefficient (Wildman–Crippen LogP) is 2.75. The quantitative estimate of drug-likeness (QED) is 0.823. The van der Waals surface area contributed by atoms with E-state index in [0.717, 1.165) is 18.7 Å². The van der Waals surface area contributed by atoms with Crippen LogP contribution in [0.4, 0.5) is 5.82 Å². The van der Waals surface area contributed by atoms with Crippen LogP contribution in [0.25, 0.3) is 0 Å². The number of aromatic nitrogens is 2. The third kappa shape index (κ3) is 3.32. The van der Waals surface area contributed by atoms with Crippen molar-refractivity contribution in [2.45, 2.75) is 45.4 Å². The number of nitrogen functional groups attached to an aromatic ring is 1. The summed E-state index contributed by atoms with van der Waals surface area (Å²) in [6.45, 7) is 5.08. The Labute approximate surface area is 103 Å². The molecule has 0 amide bonds. The zero-order valence-electron chi connectivity index (χ0n) is 10.6. The molecule has 0 radical (unpaired) electrons. The number of anilines is 1. The molecule has 2 rings (SSSR count). The van der Waals surface area contributed by atoms with Gasteiger partial charge in [-0.25, -0.2) is 4.98 Å². The van der Waals surface area contributed by atoms with Crippen LogP contribution >= 0.6 is 0 Å². The van der Waals surface area contributed by atoms with Crippen LogP contribution < -0.4 is 10.5 Å². The standard InChI is InChI=1S/C13H21N3O/c1-3-9(4-2)8-17-12-7-11(14)15-13(16-12)10-5-6-10/h7,9-10H,3-6,8H2,1-2H3,(H2,14,15,16). The van der Waals surface area contributed by atoms with Gasteiger partial charge >= 0.3 is 0 Å². The van der Waals surface area contributed by atoms with E-state index in [4.69, 9.17) is 10.5 Å². The highest BCUT2D eigenvalue weighted by Crippen LogP contribution is 2.38. The van der Waals surface area contributed by atoms with Gasteiger partial charge in [-0.1, -0.05) is 26.7 Å². The van der Waals surface area contributed by atoms with Gasteiger partial charge in [0.2, 0.25) is 5.88 Å². The van der Waals surface area contributed by atoms with Crippen LogP contribution in [0.1, 0.15) is 51.3 Å². The summed E-state index contributed by atoms with van der Waals surface area (Å²) in [5, 5.41) is 0. The number of hydrogen-bond donors (Lipinski definition) is 1. The smallest absolute Gasteiger partial charge is 0.218 e. The molecule has 1 aliphatic rings. The van der Waals surface area contributed by atoms with Crippen molar-refractivity contribution in [2.24, 2.45) is 5.92 Å². The fourth-order valence-electron chi connectivity index (χ4n) is 1.79. The van der Waals surface area contributed by atoms with E-state index in [1.54, 1.807) is 6.07 Å². The molecule has 0 unspecified atom stereocenters. The van der Waals surface area contributed by atoms with Crippen molar-refractivity contribution in [1.82, 2.24) is 9.97 Å². The molecule has 0 aromatic carbocycles. The lowest BCUT2D eigenvalue weighted by molar-refractivity contribution is 0.232. The van der Waals surface area contributed by atoms with Gasteiger partial charge in [0.25, 0.3) is 0 Å². The molecule has 0 bridgehead atoms. The summed E-state index contributed by atoms with van der Waals surface area (Å²) in [4.78, 5) is 8.67. The van der Waals surface area contributed by atoms with Gasteiger partial charge < -0.3 is 10.5 Å². The van der Waals surface area contributed by atoms with Crippen LogP contribution in [0.3, 0.4) is 0 Å². The van der Waals surface area contributed by atoms with Crippen LogP contribution in [-0.4, -0.2) is 16.6 Å². The maximum atomic E-state index is 5.77. The number of nitrogens with two attached hydrogens (primary N) is 1. The largest absolute Gasteiger partial charge is 0.477 e. The van der Waals surface area contributed by atoms with Gasteiger partial charge in [-0.15, -0.1) is 0 Å². The van der Waals surface area contributed by atoms with E-state index >= 15 is 0 Å². The Balaban J connectivity index is 1.99. The van der Waals surface area contributed by atoms with Crippen LogP contribution in [0.5, 0.6) is 5.88 Å². The van der Waals surface area contributed by atoms with Gasteiger partial charge in [0.05, 0.1) is 6.61 Å². The Morgan fingerprint density at radius 2 is 2.06 bits per heavy atom. The summed E-state index contributed by atoms with van der Waals surface area (Å²) in [5.41, 5.74) is 5.77. The van der Waals surface area contributed by atoms with E-state index in [9.17, 15) is 0 Å². The average Bonchev–Trinajstić information content (AvgIpc) is 3.13. The molecule has 0 atom stereocenters. The maximum Gasteiger partial charge on any atom is 0.218 e. The molecule has 1 heterocycles. The Morgan fingerprint density at radius 3 is 2.65 bits per heavy atom. The molecule has 2 N–H and O–H groups in total. The first-order valence-corrected chi connectivity index (χ1v) is 6.50. The summed E-state index contributed by atoms with van der Waals surface area (Å²) < 4.78 is 5.72. The van der Waals surface area contributed by atoms with Crippen LogP contribution in [-0.2, 0) is 0 Å². The Morgan fingerprint density at radius 1 is 1.35 bits per heavy atom. The molecule has 1 aliphatic carbocycles. The van der Waals surface area contributed by atoms with Crippen molar-refractivity contribution in [2.75, 3.05) is 12.3 Å². The third-order valence-electron chi connectivity index (χ3n) is 3.30. The molecule has 94 valence electrons. The highest BCUT2D eigenvalue weighted by atomic mass is 16.5. The van der Waals surface area contributed by atoms with Gasteiger partial charge in [-0.2, -0.15) is 4.98 Å². The minimum Gasteiger partial charge on any atom is -0.477 e. The first kappa shape index (κ1) is 12.1. The normalized spacial score (nSPS) is 15.2. The van der Waals surface area contributed by atoms with Crippen molar-refractivity contribution >= 4 is 5.82 Å². The molecule has 4 heteroatoms. The van der Waals surface area contributed by atoms with E-state index in [2.05, 4.69) is 23.8 Å². The van der Waals surface area contributed by atoms with Crippen LogP contribution in [0, 0.1) is 5.92 Å². The lowest BCUT2D eigenvalue weighted by Gasteiger charge is -2.13. The zero-order valence-corrected chi connectivity index (χ0v) is 10.6. The van der Waals surface area contributed by atoms with Gasteiger partial charge in [0.15, 0.2) is 0 Å². The molecule has 0 spiro atoms. The number of nitrogens with zero attached hydrogens (tertiary/aromatic N) is 2. The minimum atomic E-state index is 0.508. The fraction of sp³-hybridized carbons (Fsp3) is 0.692. The zero-order chi connectivity index (χ0) is 12.3. The van der Waals surface area contributed by atoms with Gasteiger partial charge in [0.1, 0.15) is 11.6 Å². The average molecular weight is 235 g/mol.